The molecule has 3 aromatic rings. The van der Waals surface area contributed by atoms with Crippen LogP contribution in [0.5, 0.6) is 0 Å². The number of carboxylic acid groups (broad SMARTS) is 1. The number of amides is 1. The maximum atomic E-state index is 12.2. The third-order valence-electron chi connectivity index (χ3n) is 6.51. The first-order chi connectivity index (χ1) is 14.7. The normalized spacial score (nSPS) is 15.2. The Morgan fingerprint density at radius 3 is 2.55 bits per heavy atom. The van der Waals surface area contributed by atoms with Gasteiger partial charge in [-0.1, -0.05) is 31.5 Å². The van der Waals surface area contributed by atoms with Gasteiger partial charge in [0.2, 0.25) is 0 Å². The van der Waals surface area contributed by atoms with E-state index < -0.39 is 6.09 Å². The number of nitrogens with one attached hydrogen (secondary N) is 1. The van der Waals surface area contributed by atoms with Gasteiger partial charge in [0, 0.05) is 42.8 Å². The maximum absolute atomic E-state index is 12.2. The highest BCUT2D eigenvalue weighted by molar-refractivity contribution is 6.31. The molecule has 1 saturated heterocycles. The fourth-order valence-corrected chi connectivity index (χ4v) is 4.97. The predicted molar refractivity (Wildman–Crippen MR) is 124 cm³/mol. The Kier molecular flexibility index (Phi) is 5.60. The number of rotatable bonds is 3. The molecule has 1 amide bonds. The molecular weight excluding hydrogens is 414 g/mol. The largest absolute Gasteiger partial charge is 0.465 e. The molecule has 3 heterocycles. The molecule has 1 aliphatic heterocycles. The monoisotopic (exact) mass is 441 g/mol. The minimum Gasteiger partial charge on any atom is -0.465 e. The molecule has 1 aliphatic rings. The van der Waals surface area contributed by atoms with Gasteiger partial charge in [-0.15, -0.1) is 0 Å². The van der Waals surface area contributed by atoms with Crippen molar-refractivity contribution in [3.05, 3.63) is 56.5 Å². The number of aromatic nitrogens is 2. The molecule has 0 atom stereocenters. The van der Waals surface area contributed by atoms with Crippen LogP contribution >= 0.6 is 11.6 Å². The fraction of sp³-hybridized carbons (Fsp3) is 0.417. The van der Waals surface area contributed by atoms with Gasteiger partial charge in [-0.3, -0.25) is 4.79 Å². The number of H-pyrrole nitrogens is 1. The van der Waals surface area contributed by atoms with Crippen molar-refractivity contribution in [1.82, 2.24) is 14.5 Å². The highest BCUT2D eigenvalue weighted by Gasteiger charge is 2.25. The minimum absolute atomic E-state index is 0.194. The second kappa shape index (κ2) is 8.08. The van der Waals surface area contributed by atoms with Crippen LogP contribution in [-0.2, 0) is 7.05 Å². The average Bonchev–Trinajstić information content (AvgIpc) is 3.13. The number of piperidine rings is 1. The highest BCUT2D eigenvalue weighted by atomic mass is 35.5. The predicted octanol–water partition coefficient (Wildman–Crippen LogP) is 5.48. The van der Waals surface area contributed by atoms with Gasteiger partial charge < -0.3 is 19.6 Å². The first-order valence-corrected chi connectivity index (χ1v) is 11.1. The zero-order chi connectivity index (χ0) is 22.4. The lowest BCUT2D eigenvalue weighted by Gasteiger charge is -2.30. The summed E-state index contributed by atoms with van der Waals surface area (Å²) in [5, 5.41) is 10.6. The van der Waals surface area contributed by atoms with Crippen molar-refractivity contribution in [1.29, 1.82) is 0 Å². The number of pyridine rings is 1. The van der Waals surface area contributed by atoms with E-state index in [1.807, 2.05) is 13.1 Å². The molecule has 1 fully saturated rings. The number of nitrogens with zero attached hydrogens (tertiary/aromatic N) is 2. The van der Waals surface area contributed by atoms with Crippen LogP contribution in [0.3, 0.4) is 0 Å². The van der Waals surface area contributed by atoms with Crippen LogP contribution in [0.15, 0.2) is 29.2 Å². The standard InChI is InChI=1S/C24H28ClN3O3/c1-13(2)20-17-11-16(15-7-9-28(10-8-15)24(30)31)5-6-19(17)26-22(20)18-12-27(4)23(29)21(25)14(18)3/h5-6,11-13,15,26H,7-10H2,1-4H3,(H,30,31). The van der Waals surface area contributed by atoms with Crippen LogP contribution < -0.4 is 5.56 Å². The molecule has 4 rings (SSSR count). The molecule has 0 saturated carbocycles. The van der Waals surface area contributed by atoms with Gasteiger partial charge in [-0.2, -0.15) is 0 Å². The summed E-state index contributed by atoms with van der Waals surface area (Å²) in [7, 11) is 1.72. The average molecular weight is 442 g/mol. The molecule has 0 radical (unpaired) electrons. The second-order valence-corrected chi connectivity index (χ2v) is 9.19. The Labute approximate surface area is 186 Å². The molecule has 0 spiro atoms. The number of benzene rings is 1. The second-order valence-electron chi connectivity index (χ2n) is 8.82. The van der Waals surface area contributed by atoms with Crippen molar-refractivity contribution in [2.75, 3.05) is 13.1 Å². The van der Waals surface area contributed by atoms with Gasteiger partial charge in [-0.25, -0.2) is 4.79 Å². The van der Waals surface area contributed by atoms with E-state index in [0.29, 0.717) is 19.0 Å². The van der Waals surface area contributed by atoms with E-state index in [1.54, 1.807) is 7.05 Å². The topological polar surface area (TPSA) is 78.3 Å². The van der Waals surface area contributed by atoms with Crippen molar-refractivity contribution in [3.8, 4) is 11.3 Å². The molecule has 2 N–H and O–H groups in total. The minimum atomic E-state index is -0.836. The van der Waals surface area contributed by atoms with Gasteiger partial charge in [-0.05, 0) is 60.4 Å². The van der Waals surface area contributed by atoms with Crippen LogP contribution in [0.2, 0.25) is 5.02 Å². The molecule has 0 aliphatic carbocycles. The Balaban J connectivity index is 1.81. The summed E-state index contributed by atoms with van der Waals surface area (Å²) >= 11 is 6.34. The Hall–Kier alpha value is -2.73. The number of aryl methyl sites for hydroxylation is 1. The van der Waals surface area contributed by atoms with Crippen molar-refractivity contribution in [2.24, 2.45) is 7.05 Å². The van der Waals surface area contributed by atoms with Crippen LogP contribution in [-0.4, -0.2) is 38.7 Å². The lowest BCUT2D eigenvalue weighted by Crippen LogP contribution is -2.36. The lowest BCUT2D eigenvalue weighted by atomic mass is 9.87. The van der Waals surface area contributed by atoms with Gasteiger partial charge in [0.25, 0.3) is 5.56 Å². The SMILES string of the molecule is Cc1c(-c2[nH]c3ccc(C4CCN(C(=O)O)CC4)cc3c2C(C)C)cn(C)c(=O)c1Cl. The third kappa shape index (κ3) is 3.74. The summed E-state index contributed by atoms with van der Waals surface area (Å²) in [6.45, 7) is 7.37. The summed E-state index contributed by atoms with van der Waals surface area (Å²) in [5.41, 5.74) is 6.02. The van der Waals surface area contributed by atoms with Gasteiger partial charge >= 0.3 is 6.09 Å². The summed E-state index contributed by atoms with van der Waals surface area (Å²) in [4.78, 5) is 28.5. The molecule has 0 unspecified atom stereocenters. The highest BCUT2D eigenvalue weighted by Crippen LogP contribution is 2.39. The number of hydrogen-bond donors (Lipinski definition) is 2. The Morgan fingerprint density at radius 1 is 1.26 bits per heavy atom. The Morgan fingerprint density at radius 2 is 1.94 bits per heavy atom. The molecule has 7 heteroatoms. The summed E-state index contributed by atoms with van der Waals surface area (Å²) < 4.78 is 1.53. The zero-order valence-electron chi connectivity index (χ0n) is 18.3. The van der Waals surface area contributed by atoms with E-state index in [4.69, 9.17) is 11.6 Å². The smallest absolute Gasteiger partial charge is 0.407 e. The maximum Gasteiger partial charge on any atom is 0.407 e. The Bertz CT molecular complexity index is 1220. The van der Waals surface area contributed by atoms with E-state index in [2.05, 4.69) is 37.0 Å². The van der Waals surface area contributed by atoms with Crippen molar-refractivity contribution in [2.45, 2.75) is 45.4 Å². The molecule has 164 valence electrons. The molecule has 2 aromatic heterocycles. The van der Waals surface area contributed by atoms with E-state index in [1.165, 1.54) is 26.0 Å². The van der Waals surface area contributed by atoms with Crippen LogP contribution in [0, 0.1) is 6.92 Å². The van der Waals surface area contributed by atoms with Crippen LogP contribution in [0.25, 0.3) is 22.2 Å². The summed E-state index contributed by atoms with van der Waals surface area (Å²) in [6, 6.07) is 6.52. The number of halogens is 1. The van der Waals surface area contributed by atoms with Crippen molar-refractivity contribution in [3.63, 3.8) is 0 Å². The first kappa shape index (κ1) is 21.5. The fourth-order valence-electron chi connectivity index (χ4n) is 4.74. The third-order valence-corrected chi connectivity index (χ3v) is 6.96. The van der Waals surface area contributed by atoms with Crippen molar-refractivity contribution >= 4 is 28.6 Å². The zero-order valence-corrected chi connectivity index (χ0v) is 19.1. The molecule has 0 bridgehead atoms. The van der Waals surface area contributed by atoms with Crippen molar-refractivity contribution < 1.29 is 9.90 Å². The molecular formula is C24H28ClN3O3. The van der Waals surface area contributed by atoms with E-state index >= 15 is 0 Å². The van der Waals surface area contributed by atoms with E-state index in [0.717, 1.165) is 35.2 Å². The number of hydrogen-bond acceptors (Lipinski definition) is 2. The first-order valence-electron chi connectivity index (χ1n) is 10.7. The molecule has 31 heavy (non-hydrogen) atoms. The van der Waals surface area contributed by atoms with Gasteiger partial charge in [0.15, 0.2) is 0 Å². The number of carbonyl (C=O) groups is 1. The number of aromatic amines is 1. The summed E-state index contributed by atoms with van der Waals surface area (Å²) in [5.74, 6) is 0.621. The number of likely N-dealkylation sites (tertiary alicyclic amines) is 1. The lowest BCUT2D eigenvalue weighted by molar-refractivity contribution is 0.132. The van der Waals surface area contributed by atoms with Gasteiger partial charge in [0.05, 0.1) is 5.69 Å². The quantitative estimate of drug-likeness (QED) is 0.565. The molecule has 6 nitrogen and oxygen atoms in total. The van der Waals surface area contributed by atoms with E-state index in [-0.39, 0.29) is 16.5 Å². The molecule has 1 aromatic carbocycles. The number of fused-ring (bicyclic) bond motifs is 1. The van der Waals surface area contributed by atoms with E-state index in [9.17, 15) is 14.7 Å². The van der Waals surface area contributed by atoms with Crippen LogP contribution in [0.1, 0.15) is 55.2 Å². The van der Waals surface area contributed by atoms with Crippen LogP contribution in [0.4, 0.5) is 4.79 Å². The summed E-state index contributed by atoms with van der Waals surface area (Å²) in [6.07, 6.45) is 2.68. The van der Waals surface area contributed by atoms with Gasteiger partial charge in [0.1, 0.15) is 5.02 Å².